The summed E-state index contributed by atoms with van der Waals surface area (Å²) in [5, 5.41) is 0. The molecule has 0 spiro atoms. The molecule has 0 fully saturated rings. The lowest BCUT2D eigenvalue weighted by Crippen LogP contribution is -2.35. The Bertz CT molecular complexity index is 487. The largest absolute Gasteiger partial charge is 0.466 e. The van der Waals surface area contributed by atoms with Gasteiger partial charge in [0.1, 0.15) is 0 Å². The normalized spacial score (nSPS) is 10.3. The SMILES string of the molecule is CCOC(=O)CCN(CCCOC)C(=O)c1ccccc1C. The zero-order valence-electron chi connectivity index (χ0n) is 13.6. The second-order valence-electron chi connectivity index (χ2n) is 5.01. The van der Waals surface area contributed by atoms with Crippen molar-refractivity contribution in [2.75, 3.05) is 33.4 Å². The van der Waals surface area contributed by atoms with Crippen LogP contribution in [0.1, 0.15) is 35.7 Å². The summed E-state index contributed by atoms with van der Waals surface area (Å²) >= 11 is 0. The van der Waals surface area contributed by atoms with Gasteiger partial charge in [-0.05, 0) is 31.9 Å². The van der Waals surface area contributed by atoms with Crippen molar-refractivity contribution in [2.45, 2.75) is 26.7 Å². The summed E-state index contributed by atoms with van der Waals surface area (Å²) in [7, 11) is 1.63. The summed E-state index contributed by atoms with van der Waals surface area (Å²) in [6.07, 6.45) is 0.940. The van der Waals surface area contributed by atoms with Gasteiger partial charge < -0.3 is 14.4 Å². The molecule has 0 saturated carbocycles. The van der Waals surface area contributed by atoms with Crippen molar-refractivity contribution in [3.8, 4) is 0 Å². The number of hydrogen-bond donors (Lipinski definition) is 0. The van der Waals surface area contributed by atoms with E-state index >= 15 is 0 Å². The number of rotatable bonds is 9. The van der Waals surface area contributed by atoms with Crippen LogP contribution >= 0.6 is 0 Å². The van der Waals surface area contributed by atoms with Crippen LogP contribution in [0, 0.1) is 6.92 Å². The minimum Gasteiger partial charge on any atom is -0.466 e. The van der Waals surface area contributed by atoms with E-state index in [1.165, 1.54) is 0 Å². The van der Waals surface area contributed by atoms with Crippen LogP contribution in [0.15, 0.2) is 24.3 Å². The van der Waals surface area contributed by atoms with E-state index in [1.807, 2.05) is 31.2 Å². The first-order chi connectivity index (χ1) is 10.6. The molecule has 0 aromatic heterocycles. The van der Waals surface area contributed by atoms with Gasteiger partial charge in [-0.1, -0.05) is 18.2 Å². The van der Waals surface area contributed by atoms with Crippen LogP contribution in [-0.2, 0) is 14.3 Å². The molecule has 0 atom stereocenters. The Hall–Kier alpha value is -1.88. The number of carbonyl (C=O) groups excluding carboxylic acids is 2. The summed E-state index contributed by atoms with van der Waals surface area (Å²) in [6, 6.07) is 7.47. The van der Waals surface area contributed by atoms with E-state index in [2.05, 4.69) is 0 Å². The zero-order chi connectivity index (χ0) is 16.4. The third-order valence-corrected chi connectivity index (χ3v) is 3.33. The minimum absolute atomic E-state index is 0.0569. The molecule has 1 rings (SSSR count). The zero-order valence-corrected chi connectivity index (χ0v) is 13.6. The minimum atomic E-state index is -0.281. The predicted octanol–water partition coefficient (Wildman–Crippen LogP) is 2.43. The van der Waals surface area contributed by atoms with E-state index in [1.54, 1.807) is 18.9 Å². The summed E-state index contributed by atoms with van der Waals surface area (Å²) < 4.78 is 9.96. The molecule has 122 valence electrons. The van der Waals surface area contributed by atoms with Crippen molar-refractivity contribution in [3.63, 3.8) is 0 Å². The molecular weight excluding hydrogens is 282 g/mol. The molecule has 0 bridgehead atoms. The monoisotopic (exact) mass is 307 g/mol. The van der Waals surface area contributed by atoms with Gasteiger partial charge in [-0.25, -0.2) is 0 Å². The summed E-state index contributed by atoms with van der Waals surface area (Å²) in [5.74, 6) is -0.338. The molecule has 5 nitrogen and oxygen atoms in total. The number of carbonyl (C=O) groups is 2. The molecule has 0 N–H and O–H groups in total. The number of hydrogen-bond acceptors (Lipinski definition) is 4. The maximum absolute atomic E-state index is 12.7. The van der Waals surface area contributed by atoms with Crippen LogP contribution in [0.5, 0.6) is 0 Å². The fourth-order valence-corrected chi connectivity index (χ4v) is 2.16. The van der Waals surface area contributed by atoms with Gasteiger partial charge in [-0.3, -0.25) is 9.59 Å². The van der Waals surface area contributed by atoms with E-state index in [0.29, 0.717) is 31.9 Å². The molecule has 0 heterocycles. The number of methoxy groups -OCH3 is 1. The van der Waals surface area contributed by atoms with Gasteiger partial charge in [0, 0.05) is 32.4 Å². The van der Waals surface area contributed by atoms with E-state index in [4.69, 9.17) is 9.47 Å². The smallest absolute Gasteiger partial charge is 0.307 e. The number of amides is 1. The van der Waals surface area contributed by atoms with Gasteiger partial charge in [0.25, 0.3) is 5.91 Å². The van der Waals surface area contributed by atoms with Crippen LogP contribution in [0.3, 0.4) is 0 Å². The first kappa shape index (κ1) is 18.2. The van der Waals surface area contributed by atoms with Gasteiger partial charge in [0.05, 0.1) is 13.0 Å². The maximum Gasteiger partial charge on any atom is 0.307 e. The average Bonchev–Trinajstić information content (AvgIpc) is 2.51. The lowest BCUT2D eigenvalue weighted by molar-refractivity contribution is -0.143. The summed E-state index contributed by atoms with van der Waals surface area (Å²) in [5.41, 5.74) is 1.60. The Morgan fingerprint density at radius 1 is 1.18 bits per heavy atom. The van der Waals surface area contributed by atoms with E-state index in [9.17, 15) is 9.59 Å². The highest BCUT2D eigenvalue weighted by molar-refractivity contribution is 5.95. The third-order valence-electron chi connectivity index (χ3n) is 3.33. The van der Waals surface area contributed by atoms with Crippen molar-refractivity contribution in [3.05, 3.63) is 35.4 Å². The third kappa shape index (κ3) is 5.85. The second-order valence-corrected chi connectivity index (χ2v) is 5.01. The molecule has 1 aromatic carbocycles. The number of benzene rings is 1. The molecule has 0 aliphatic heterocycles. The molecule has 0 unspecified atom stereocenters. The van der Waals surface area contributed by atoms with Crippen molar-refractivity contribution in [2.24, 2.45) is 0 Å². The first-order valence-electron chi connectivity index (χ1n) is 7.59. The van der Waals surface area contributed by atoms with Crippen LogP contribution in [0.25, 0.3) is 0 Å². The summed E-state index contributed by atoms with van der Waals surface area (Å²) in [4.78, 5) is 25.9. The fourth-order valence-electron chi connectivity index (χ4n) is 2.16. The highest BCUT2D eigenvalue weighted by Crippen LogP contribution is 2.12. The van der Waals surface area contributed by atoms with Gasteiger partial charge in [0.2, 0.25) is 0 Å². The quantitative estimate of drug-likeness (QED) is 0.519. The van der Waals surface area contributed by atoms with Crippen molar-refractivity contribution in [1.29, 1.82) is 0 Å². The number of esters is 1. The molecule has 0 aliphatic rings. The Labute approximate surface area is 132 Å². The predicted molar refractivity (Wildman–Crippen MR) is 84.8 cm³/mol. The topological polar surface area (TPSA) is 55.8 Å². The lowest BCUT2D eigenvalue weighted by atomic mass is 10.1. The first-order valence-corrected chi connectivity index (χ1v) is 7.59. The Morgan fingerprint density at radius 3 is 2.55 bits per heavy atom. The molecule has 0 aliphatic carbocycles. The van der Waals surface area contributed by atoms with E-state index in [0.717, 1.165) is 12.0 Å². The highest BCUT2D eigenvalue weighted by atomic mass is 16.5. The van der Waals surface area contributed by atoms with Crippen LogP contribution in [0.2, 0.25) is 0 Å². The number of nitrogens with zero attached hydrogens (tertiary/aromatic N) is 1. The number of aryl methyl sites for hydroxylation is 1. The Morgan fingerprint density at radius 2 is 1.91 bits per heavy atom. The molecule has 22 heavy (non-hydrogen) atoms. The van der Waals surface area contributed by atoms with Crippen LogP contribution in [-0.4, -0.2) is 50.2 Å². The maximum atomic E-state index is 12.7. The van der Waals surface area contributed by atoms with E-state index in [-0.39, 0.29) is 18.3 Å². The summed E-state index contributed by atoms with van der Waals surface area (Å²) in [6.45, 7) is 5.53. The average molecular weight is 307 g/mol. The van der Waals surface area contributed by atoms with Crippen molar-refractivity contribution < 1.29 is 19.1 Å². The fraction of sp³-hybridized carbons (Fsp3) is 0.529. The lowest BCUT2D eigenvalue weighted by Gasteiger charge is -2.23. The molecule has 1 aromatic rings. The van der Waals surface area contributed by atoms with Gasteiger partial charge in [-0.15, -0.1) is 0 Å². The van der Waals surface area contributed by atoms with Gasteiger partial charge >= 0.3 is 5.97 Å². The molecule has 5 heteroatoms. The van der Waals surface area contributed by atoms with Crippen molar-refractivity contribution in [1.82, 2.24) is 4.90 Å². The Kier molecular flexibility index (Phi) is 8.22. The van der Waals surface area contributed by atoms with E-state index < -0.39 is 0 Å². The molecule has 1 amide bonds. The number of ether oxygens (including phenoxy) is 2. The van der Waals surface area contributed by atoms with Crippen LogP contribution in [0.4, 0.5) is 0 Å². The Balaban J connectivity index is 2.73. The molecular formula is C17H25NO4. The highest BCUT2D eigenvalue weighted by Gasteiger charge is 2.18. The van der Waals surface area contributed by atoms with Crippen LogP contribution < -0.4 is 0 Å². The van der Waals surface area contributed by atoms with Gasteiger partial charge in [0.15, 0.2) is 0 Å². The molecule has 0 saturated heterocycles. The second kappa shape index (κ2) is 9.95. The van der Waals surface area contributed by atoms with Crippen molar-refractivity contribution >= 4 is 11.9 Å². The standard InChI is InChI=1S/C17H25NO4/c1-4-22-16(19)10-12-18(11-7-13-21-3)17(20)15-9-6-5-8-14(15)2/h5-6,8-9H,4,7,10-13H2,1-3H3. The van der Waals surface area contributed by atoms with Gasteiger partial charge in [-0.2, -0.15) is 0 Å². The molecule has 0 radical (unpaired) electrons.